The summed E-state index contributed by atoms with van der Waals surface area (Å²) >= 11 is 5.34. The summed E-state index contributed by atoms with van der Waals surface area (Å²) in [4.78, 5) is 23.0. The summed E-state index contributed by atoms with van der Waals surface area (Å²) < 4.78 is 2.48. The van der Waals surface area contributed by atoms with Crippen LogP contribution in [0.15, 0.2) is 60.0 Å². The van der Waals surface area contributed by atoms with Gasteiger partial charge in [0.2, 0.25) is 0 Å². The van der Waals surface area contributed by atoms with E-state index in [0.29, 0.717) is 16.8 Å². The van der Waals surface area contributed by atoms with Gasteiger partial charge >= 0.3 is 0 Å². The van der Waals surface area contributed by atoms with Crippen molar-refractivity contribution < 1.29 is 0 Å². The summed E-state index contributed by atoms with van der Waals surface area (Å²) in [5, 5.41) is 0. The fraction of sp³-hybridized carbons (Fsp3) is 0.417. The van der Waals surface area contributed by atoms with Gasteiger partial charge in [0.1, 0.15) is 6.33 Å². The molecule has 3 aromatic rings. The third-order valence-electron chi connectivity index (χ3n) is 5.30. The molecule has 3 rings (SSSR count). The molecule has 0 radical (unpaired) electrons. The standard InChI is InChI=1S/C24H30N4OS/c29-23-22(15-21-16-25-19-26-17-21)18-28(24(30)27-23)14-10-5-3-1-2-4-7-11-20-12-8-6-9-13-20/h6,8-9,12-13,16-19H,1-5,7,10-11,14-15H2,(H,27,29,30). The summed E-state index contributed by atoms with van der Waals surface area (Å²) in [7, 11) is 0. The summed E-state index contributed by atoms with van der Waals surface area (Å²) in [6.07, 6.45) is 17.2. The molecular weight excluding hydrogens is 392 g/mol. The predicted octanol–water partition coefficient (Wildman–Crippen LogP) is 5.26. The van der Waals surface area contributed by atoms with Gasteiger partial charge in [-0.05, 0) is 42.6 Å². The fourth-order valence-corrected chi connectivity index (χ4v) is 3.86. The van der Waals surface area contributed by atoms with Gasteiger partial charge in [0.15, 0.2) is 4.77 Å². The van der Waals surface area contributed by atoms with Crippen molar-refractivity contribution in [2.75, 3.05) is 0 Å². The van der Waals surface area contributed by atoms with Gasteiger partial charge in [-0.2, -0.15) is 0 Å². The van der Waals surface area contributed by atoms with E-state index in [4.69, 9.17) is 12.2 Å². The van der Waals surface area contributed by atoms with Gasteiger partial charge in [0.05, 0.1) is 0 Å². The average Bonchev–Trinajstić information content (AvgIpc) is 2.77. The monoisotopic (exact) mass is 422 g/mol. The minimum Gasteiger partial charge on any atom is -0.325 e. The molecule has 0 aliphatic carbocycles. The number of hydrogen-bond acceptors (Lipinski definition) is 4. The third kappa shape index (κ3) is 7.34. The van der Waals surface area contributed by atoms with E-state index < -0.39 is 0 Å². The summed E-state index contributed by atoms with van der Waals surface area (Å²) in [5.74, 6) is 0. The number of aryl methyl sites for hydroxylation is 2. The number of aromatic amines is 1. The Hall–Kier alpha value is -2.60. The van der Waals surface area contributed by atoms with E-state index in [9.17, 15) is 4.79 Å². The van der Waals surface area contributed by atoms with Crippen molar-refractivity contribution in [2.45, 2.75) is 64.3 Å². The lowest BCUT2D eigenvalue weighted by Crippen LogP contribution is -2.18. The van der Waals surface area contributed by atoms with Gasteiger partial charge in [0.25, 0.3) is 5.56 Å². The number of nitrogens with zero attached hydrogens (tertiary/aromatic N) is 3. The summed E-state index contributed by atoms with van der Waals surface area (Å²) in [6.45, 7) is 0.835. The molecule has 30 heavy (non-hydrogen) atoms. The van der Waals surface area contributed by atoms with Gasteiger partial charge < -0.3 is 4.57 Å². The molecule has 0 unspecified atom stereocenters. The highest BCUT2D eigenvalue weighted by atomic mass is 32.1. The molecule has 1 N–H and O–H groups in total. The molecule has 158 valence electrons. The Kier molecular flexibility index (Phi) is 8.97. The van der Waals surface area contributed by atoms with Crippen LogP contribution in [0.1, 0.15) is 61.6 Å². The molecule has 0 saturated heterocycles. The van der Waals surface area contributed by atoms with Crippen LogP contribution in [0.25, 0.3) is 0 Å². The van der Waals surface area contributed by atoms with Crippen LogP contribution in [0.5, 0.6) is 0 Å². The lowest BCUT2D eigenvalue weighted by Gasteiger charge is -2.09. The second kappa shape index (κ2) is 12.2. The maximum absolute atomic E-state index is 12.2. The van der Waals surface area contributed by atoms with E-state index in [1.807, 2.05) is 10.8 Å². The van der Waals surface area contributed by atoms with Crippen molar-refractivity contribution >= 4 is 12.2 Å². The Bertz CT molecular complexity index is 999. The van der Waals surface area contributed by atoms with Crippen molar-refractivity contribution in [2.24, 2.45) is 0 Å². The molecule has 5 nitrogen and oxygen atoms in total. The highest BCUT2D eigenvalue weighted by molar-refractivity contribution is 7.71. The highest BCUT2D eigenvalue weighted by Gasteiger charge is 2.05. The Balaban J connectivity index is 1.35. The number of nitrogens with one attached hydrogen (secondary N) is 1. The smallest absolute Gasteiger partial charge is 0.255 e. The predicted molar refractivity (Wildman–Crippen MR) is 123 cm³/mol. The zero-order valence-corrected chi connectivity index (χ0v) is 18.2. The van der Waals surface area contributed by atoms with Crippen LogP contribution in [0.3, 0.4) is 0 Å². The summed E-state index contributed by atoms with van der Waals surface area (Å²) in [6, 6.07) is 10.7. The van der Waals surface area contributed by atoms with Crippen molar-refractivity contribution in [3.05, 3.63) is 87.1 Å². The van der Waals surface area contributed by atoms with Crippen LogP contribution >= 0.6 is 12.2 Å². The Labute approximate surface area is 183 Å². The zero-order valence-electron chi connectivity index (χ0n) is 17.4. The van der Waals surface area contributed by atoms with Crippen LogP contribution in [0, 0.1) is 4.77 Å². The van der Waals surface area contributed by atoms with Gasteiger partial charge in [-0.25, -0.2) is 9.97 Å². The van der Waals surface area contributed by atoms with Gasteiger partial charge in [0, 0.05) is 37.1 Å². The molecule has 0 atom stereocenters. The number of hydrogen-bond donors (Lipinski definition) is 1. The van der Waals surface area contributed by atoms with Gasteiger partial charge in [-0.3, -0.25) is 9.78 Å². The lowest BCUT2D eigenvalue weighted by atomic mass is 10.0. The van der Waals surface area contributed by atoms with E-state index in [1.165, 1.54) is 56.8 Å². The van der Waals surface area contributed by atoms with E-state index >= 15 is 0 Å². The molecule has 0 spiro atoms. The first-order valence-corrected chi connectivity index (χ1v) is 11.2. The highest BCUT2D eigenvalue weighted by Crippen LogP contribution is 2.11. The molecule has 2 heterocycles. The lowest BCUT2D eigenvalue weighted by molar-refractivity contribution is 0.537. The number of H-pyrrole nitrogens is 1. The van der Waals surface area contributed by atoms with Crippen LogP contribution in [0.4, 0.5) is 0 Å². The van der Waals surface area contributed by atoms with Crippen molar-refractivity contribution in [1.82, 2.24) is 19.5 Å². The normalized spacial score (nSPS) is 10.9. The quantitative estimate of drug-likeness (QED) is 0.319. The fourth-order valence-electron chi connectivity index (χ4n) is 3.63. The first-order chi connectivity index (χ1) is 14.7. The SMILES string of the molecule is O=c1[nH]c(=S)n(CCCCCCCCCc2ccccc2)cc1Cc1cncnc1. The number of benzene rings is 1. The number of unbranched alkanes of at least 4 members (excludes halogenated alkanes) is 6. The van der Waals surface area contributed by atoms with Gasteiger partial charge in [-0.1, -0.05) is 62.4 Å². The maximum atomic E-state index is 12.2. The molecule has 0 aliphatic heterocycles. The van der Waals surface area contributed by atoms with Crippen LogP contribution in [0.2, 0.25) is 0 Å². The van der Waals surface area contributed by atoms with E-state index in [1.54, 1.807) is 12.4 Å². The molecule has 6 heteroatoms. The van der Waals surface area contributed by atoms with E-state index in [0.717, 1.165) is 18.5 Å². The molecule has 0 amide bonds. The van der Waals surface area contributed by atoms with Crippen LogP contribution < -0.4 is 5.56 Å². The second-order valence-corrected chi connectivity index (χ2v) is 8.13. The molecule has 0 saturated carbocycles. The third-order valence-corrected chi connectivity index (χ3v) is 5.64. The minimum atomic E-state index is -0.129. The number of aromatic nitrogens is 4. The van der Waals surface area contributed by atoms with Gasteiger partial charge in [-0.15, -0.1) is 0 Å². The van der Waals surface area contributed by atoms with Crippen molar-refractivity contribution in [3.8, 4) is 0 Å². The van der Waals surface area contributed by atoms with E-state index in [2.05, 4.69) is 45.3 Å². The summed E-state index contributed by atoms with van der Waals surface area (Å²) in [5.41, 5.74) is 2.92. The average molecular weight is 423 g/mol. The topological polar surface area (TPSA) is 63.6 Å². The van der Waals surface area contributed by atoms with Crippen molar-refractivity contribution in [3.63, 3.8) is 0 Å². The molecular formula is C24H30N4OS. The number of rotatable bonds is 12. The first-order valence-electron chi connectivity index (χ1n) is 10.8. The minimum absolute atomic E-state index is 0.129. The van der Waals surface area contributed by atoms with Crippen LogP contribution in [-0.4, -0.2) is 19.5 Å². The molecule has 2 aromatic heterocycles. The molecule has 1 aromatic carbocycles. The zero-order chi connectivity index (χ0) is 21.0. The van der Waals surface area contributed by atoms with Crippen LogP contribution in [-0.2, 0) is 19.4 Å². The Morgan fingerprint density at radius 3 is 2.27 bits per heavy atom. The molecule has 0 aliphatic rings. The molecule has 0 fully saturated rings. The molecule has 0 bridgehead atoms. The Morgan fingerprint density at radius 2 is 1.53 bits per heavy atom. The Morgan fingerprint density at radius 1 is 0.867 bits per heavy atom. The second-order valence-electron chi connectivity index (χ2n) is 7.74. The van der Waals surface area contributed by atoms with Crippen molar-refractivity contribution in [1.29, 1.82) is 0 Å². The van der Waals surface area contributed by atoms with E-state index in [-0.39, 0.29) is 5.56 Å². The largest absolute Gasteiger partial charge is 0.325 e. The first kappa shape index (κ1) is 22.1. The maximum Gasteiger partial charge on any atom is 0.255 e.